The monoisotopic (exact) mass is 243 g/mol. The number of nitrogens with zero attached hydrogens (tertiary/aromatic N) is 1. The summed E-state index contributed by atoms with van der Waals surface area (Å²) >= 11 is 0. The van der Waals surface area contributed by atoms with E-state index in [2.05, 4.69) is 32.0 Å². The summed E-state index contributed by atoms with van der Waals surface area (Å²) in [4.78, 5) is 14.6. The van der Waals surface area contributed by atoms with E-state index in [9.17, 15) is 4.79 Å². The van der Waals surface area contributed by atoms with Crippen molar-refractivity contribution in [1.82, 2.24) is 0 Å². The lowest BCUT2D eigenvalue weighted by Crippen LogP contribution is -2.32. The molecule has 1 aliphatic carbocycles. The summed E-state index contributed by atoms with van der Waals surface area (Å²) in [6.07, 6.45) is 4.39. The summed E-state index contributed by atoms with van der Waals surface area (Å²) in [5, 5.41) is 0. The maximum atomic E-state index is 12.5. The molecule has 1 aromatic rings. The molecule has 0 atom stereocenters. The predicted molar refractivity (Wildman–Crippen MR) is 73.8 cm³/mol. The van der Waals surface area contributed by atoms with E-state index in [1.807, 2.05) is 11.0 Å². The van der Waals surface area contributed by atoms with Crippen LogP contribution in [0.5, 0.6) is 0 Å². The Labute approximate surface area is 109 Å². The van der Waals surface area contributed by atoms with E-state index in [4.69, 9.17) is 0 Å². The van der Waals surface area contributed by atoms with Gasteiger partial charge in [-0.2, -0.15) is 0 Å². The minimum absolute atomic E-state index is 0.117. The highest BCUT2D eigenvalue weighted by atomic mass is 16.2. The summed E-state index contributed by atoms with van der Waals surface area (Å²) in [6.45, 7) is 5.36. The van der Waals surface area contributed by atoms with E-state index in [1.165, 1.54) is 17.7 Å². The minimum Gasteiger partial charge on any atom is -0.311 e. The van der Waals surface area contributed by atoms with E-state index < -0.39 is 0 Å². The van der Waals surface area contributed by atoms with Crippen LogP contribution in [-0.2, 0) is 10.2 Å². The van der Waals surface area contributed by atoms with Crippen LogP contribution in [-0.4, -0.2) is 12.5 Å². The molecule has 1 amide bonds. The standard InChI is InChI=1S/C16H21NO/c1-12(2)6-5-11-17-14-8-4-3-7-13(14)16(9-10-16)15(17)18/h3-4,7-8,12H,5-6,9-11H2,1-2H3. The van der Waals surface area contributed by atoms with Crippen molar-refractivity contribution in [2.75, 3.05) is 11.4 Å². The number of carbonyl (C=O) groups excluding carboxylic acids is 1. The molecule has 0 radical (unpaired) electrons. The van der Waals surface area contributed by atoms with Crippen LogP contribution >= 0.6 is 0 Å². The first-order chi connectivity index (χ1) is 8.65. The molecule has 0 N–H and O–H groups in total. The van der Waals surface area contributed by atoms with Crippen LogP contribution in [0.2, 0.25) is 0 Å². The number of benzene rings is 1. The SMILES string of the molecule is CC(C)CCCN1C(=O)C2(CC2)c2ccccc21. The van der Waals surface area contributed by atoms with Gasteiger partial charge in [-0.05, 0) is 43.2 Å². The van der Waals surface area contributed by atoms with Crippen LogP contribution in [0, 0.1) is 5.92 Å². The highest BCUT2D eigenvalue weighted by Crippen LogP contribution is 2.57. The average molecular weight is 243 g/mol. The van der Waals surface area contributed by atoms with E-state index in [0.29, 0.717) is 11.8 Å². The lowest BCUT2D eigenvalue weighted by Gasteiger charge is -2.18. The summed E-state index contributed by atoms with van der Waals surface area (Å²) in [5.74, 6) is 1.07. The molecule has 3 rings (SSSR count). The zero-order chi connectivity index (χ0) is 12.8. The molecule has 1 saturated carbocycles. The number of para-hydroxylation sites is 1. The van der Waals surface area contributed by atoms with Crippen molar-refractivity contribution < 1.29 is 4.79 Å². The summed E-state index contributed by atoms with van der Waals surface area (Å²) in [5.41, 5.74) is 2.33. The topological polar surface area (TPSA) is 20.3 Å². The normalized spacial score (nSPS) is 19.7. The first kappa shape index (κ1) is 11.8. The van der Waals surface area contributed by atoms with Crippen molar-refractivity contribution in [1.29, 1.82) is 0 Å². The van der Waals surface area contributed by atoms with Gasteiger partial charge in [-0.15, -0.1) is 0 Å². The first-order valence-electron chi connectivity index (χ1n) is 7.06. The van der Waals surface area contributed by atoms with Gasteiger partial charge < -0.3 is 4.90 Å². The molecule has 96 valence electrons. The molecule has 2 aliphatic rings. The number of anilines is 1. The molecule has 1 aromatic carbocycles. The third-order valence-electron chi connectivity index (χ3n) is 4.28. The van der Waals surface area contributed by atoms with Gasteiger partial charge in [0.2, 0.25) is 5.91 Å². The fourth-order valence-corrected chi connectivity index (χ4v) is 3.08. The van der Waals surface area contributed by atoms with Gasteiger partial charge in [0.1, 0.15) is 0 Å². The molecule has 2 nitrogen and oxygen atoms in total. The van der Waals surface area contributed by atoms with Gasteiger partial charge in [-0.3, -0.25) is 4.79 Å². The molecular formula is C16H21NO. The van der Waals surface area contributed by atoms with E-state index in [-0.39, 0.29) is 5.41 Å². The van der Waals surface area contributed by atoms with Crippen LogP contribution in [0.1, 0.15) is 45.1 Å². The Morgan fingerprint density at radius 2 is 2.00 bits per heavy atom. The van der Waals surface area contributed by atoms with Crippen molar-refractivity contribution in [3.05, 3.63) is 29.8 Å². The molecule has 0 bridgehead atoms. The Morgan fingerprint density at radius 1 is 1.28 bits per heavy atom. The Kier molecular flexibility index (Phi) is 2.69. The van der Waals surface area contributed by atoms with Crippen LogP contribution in [0.3, 0.4) is 0 Å². The van der Waals surface area contributed by atoms with Crippen LogP contribution in [0.25, 0.3) is 0 Å². The number of fused-ring (bicyclic) bond motifs is 2. The second kappa shape index (κ2) is 4.11. The van der Waals surface area contributed by atoms with Crippen molar-refractivity contribution >= 4 is 11.6 Å². The van der Waals surface area contributed by atoms with Crippen molar-refractivity contribution in [3.63, 3.8) is 0 Å². The summed E-state index contributed by atoms with van der Waals surface area (Å²) in [7, 11) is 0. The van der Waals surface area contributed by atoms with Gasteiger partial charge in [0.05, 0.1) is 5.41 Å². The summed E-state index contributed by atoms with van der Waals surface area (Å²) < 4.78 is 0. The quantitative estimate of drug-likeness (QED) is 0.792. The second-order valence-corrected chi connectivity index (χ2v) is 6.09. The highest BCUT2D eigenvalue weighted by molar-refractivity contribution is 6.10. The van der Waals surface area contributed by atoms with Gasteiger partial charge in [0.25, 0.3) is 0 Å². The van der Waals surface area contributed by atoms with Crippen LogP contribution in [0.4, 0.5) is 5.69 Å². The third kappa shape index (κ3) is 1.66. The zero-order valence-corrected chi connectivity index (χ0v) is 11.3. The first-order valence-corrected chi connectivity index (χ1v) is 7.06. The molecule has 1 heterocycles. The maximum absolute atomic E-state index is 12.5. The maximum Gasteiger partial charge on any atom is 0.237 e. The van der Waals surface area contributed by atoms with Gasteiger partial charge in [-0.1, -0.05) is 32.0 Å². The minimum atomic E-state index is -0.117. The molecule has 0 aromatic heterocycles. The number of hydrogen-bond donors (Lipinski definition) is 0. The Balaban J connectivity index is 1.81. The van der Waals surface area contributed by atoms with Gasteiger partial charge in [0.15, 0.2) is 0 Å². The number of hydrogen-bond acceptors (Lipinski definition) is 1. The second-order valence-electron chi connectivity index (χ2n) is 6.09. The Hall–Kier alpha value is -1.31. The largest absolute Gasteiger partial charge is 0.311 e. The lowest BCUT2D eigenvalue weighted by atomic mass is 9.98. The lowest BCUT2D eigenvalue weighted by molar-refractivity contribution is -0.120. The van der Waals surface area contributed by atoms with E-state index in [1.54, 1.807) is 0 Å². The van der Waals surface area contributed by atoms with Crippen molar-refractivity contribution in [3.8, 4) is 0 Å². The van der Waals surface area contributed by atoms with Crippen LogP contribution in [0.15, 0.2) is 24.3 Å². The molecule has 0 saturated heterocycles. The van der Waals surface area contributed by atoms with Gasteiger partial charge in [0, 0.05) is 12.2 Å². The Morgan fingerprint density at radius 3 is 2.67 bits per heavy atom. The highest BCUT2D eigenvalue weighted by Gasteiger charge is 2.58. The number of carbonyl (C=O) groups is 1. The molecule has 1 aliphatic heterocycles. The zero-order valence-electron chi connectivity index (χ0n) is 11.3. The molecular weight excluding hydrogens is 222 g/mol. The smallest absolute Gasteiger partial charge is 0.237 e. The van der Waals surface area contributed by atoms with Gasteiger partial charge >= 0.3 is 0 Å². The third-order valence-corrected chi connectivity index (χ3v) is 4.28. The molecule has 2 heteroatoms. The van der Waals surface area contributed by atoms with E-state index in [0.717, 1.165) is 25.8 Å². The number of amides is 1. The molecule has 1 fully saturated rings. The predicted octanol–water partition coefficient (Wildman–Crippen LogP) is 3.50. The fourth-order valence-electron chi connectivity index (χ4n) is 3.08. The van der Waals surface area contributed by atoms with Crippen molar-refractivity contribution in [2.24, 2.45) is 5.92 Å². The summed E-state index contributed by atoms with van der Waals surface area (Å²) in [6, 6.07) is 8.35. The fraction of sp³-hybridized carbons (Fsp3) is 0.562. The number of rotatable bonds is 4. The Bertz CT molecular complexity index is 474. The average Bonchev–Trinajstić information content (AvgIpc) is 3.11. The van der Waals surface area contributed by atoms with Crippen LogP contribution < -0.4 is 4.90 Å². The van der Waals surface area contributed by atoms with Crippen molar-refractivity contribution in [2.45, 2.75) is 44.9 Å². The van der Waals surface area contributed by atoms with E-state index >= 15 is 0 Å². The molecule has 1 spiro atoms. The molecule has 18 heavy (non-hydrogen) atoms. The van der Waals surface area contributed by atoms with Gasteiger partial charge in [-0.25, -0.2) is 0 Å². The molecule has 0 unspecified atom stereocenters.